The molecule has 3 nitrogen and oxygen atoms in total. The van der Waals surface area contributed by atoms with Gasteiger partial charge < -0.3 is 10.6 Å². The van der Waals surface area contributed by atoms with Crippen LogP contribution in [0.4, 0.5) is 28.9 Å². The Labute approximate surface area is 118 Å². The Hall–Kier alpha value is -2.05. The number of halogens is 4. The second-order valence-corrected chi connectivity index (χ2v) is 5.17. The summed E-state index contributed by atoms with van der Waals surface area (Å²) in [5.41, 5.74) is 5.95. The van der Waals surface area contributed by atoms with E-state index in [9.17, 15) is 17.6 Å². The Morgan fingerprint density at radius 1 is 1.33 bits per heavy atom. The van der Waals surface area contributed by atoms with Crippen molar-refractivity contribution in [1.29, 1.82) is 0 Å². The van der Waals surface area contributed by atoms with Crippen LogP contribution in [0.3, 0.4) is 0 Å². The molecule has 1 saturated carbocycles. The lowest BCUT2D eigenvalue weighted by Crippen LogP contribution is -2.36. The maximum atomic E-state index is 14.3. The third-order valence-electron chi connectivity index (χ3n) is 3.48. The molecule has 0 atom stereocenters. The van der Waals surface area contributed by atoms with E-state index in [1.54, 1.807) is 12.1 Å². The lowest BCUT2D eigenvalue weighted by Gasteiger charge is -2.27. The van der Waals surface area contributed by atoms with Crippen molar-refractivity contribution in [2.75, 3.05) is 17.2 Å². The van der Waals surface area contributed by atoms with Crippen molar-refractivity contribution in [3.8, 4) is 0 Å². The molecule has 0 radical (unpaired) electrons. The highest BCUT2D eigenvalue weighted by Crippen LogP contribution is 2.40. The molecular formula is C14H13F4N3. The summed E-state index contributed by atoms with van der Waals surface area (Å²) in [5.74, 6) is -0.769. The molecule has 2 N–H and O–H groups in total. The van der Waals surface area contributed by atoms with Gasteiger partial charge in [0, 0.05) is 23.3 Å². The molecule has 0 spiro atoms. The Morgan fingerprint density at radius 3 is 2.67 bits per heavy atom. The lowest BCUT2D eigenvalue weighted by molar-refractivity contribution is -0.120. The average Bonchev–Trinajstić information content (AvgIpc) is 3.20. The average molecular weight is 299 g/mol. The van der Waals surface area contributed by atoms with Gasteiger partial charge in [0.05, 0.1) is 5.52 Å². The smallest absolute Gasteiger partial charge is 0.398 e. The summed E-state index contributed by atoms with van der Waals surface area (Å²) in [5, 5.41) is 0.460. The number of anilines is 2. The first-order valence-corrected chi connectivity index (χ1v) is 6.53. The van der Waals surface area contributed by atoms with Crippen LogP contribution < -0.4 is 10.6 Å². The summed E-state index contributed by atoms with van der Waals surface area (Å²) < 4.78 is 52.6. The van der Waals surface area contributed by atoms with Gasteiger partial charge in [-0.25, -0.2) is 4.39 Å². The normalized spacial score (nSPS) is 15.4. The molecule has 0 unspecified atom stereocenters. The number of hydrogen-bond donors (Lipinski definition) is 1. The Kier molecular flexibility index (Phi) is 3.15. The summed E-state index contributed by atoms with van der Waals surface area (Å²) in [6.07, 6.45) is -1.75. The minimum Gasteiger partial charge on any atom is -0.398 e. The molecule has 2 aromatic rings. The van der Waals surface area contributed by atoms with Crippen LogP contribution >= 0.6 is 0 Å². The fraction of sp³-hybridized carbons (Fsp3) is 0.357. The number of hydrogen-bond acceptors (Lipinski definition) is 3. The monoisotopic (exact) mass is 299 g/mol. The quantitative estimate of drug-likeness (QED) is 0.697. The van der Waals surface area contributed by atoms with Crippen molar-refractivity contribution in [3.05, 3.63) is 30.2 Å². The van der Waals surface area contributed by atoms with Gasteiger partial charge in [-0.3, -0.25) is 4.98 Å². The summed E-state index contributed by atoms with van der Waals surface area (Å²) in [6, 6.07) is 4.01. The first kappa shape index (κ1) is 13.9. The van der Waals surface area contributed by atoms with Gasteiger partial charge >= 0.3 is 6.18 Å². The van der Waals surface area contributed by atoms with Gasteiger partial charge in [-0.1, -0.05) is 0 Å². The first-order valence-electron chi connectivity index (χ1n) is 6.53. The zero-order valence-corrected chi connectivity index (χ0v) is 11.0. The summed E-state index contributed by atoms with van der Waals surface area (Å²) >= 11 is 0. The summed E-state index contributed by atoms with van der Waals surface area (Å²) in [6.45, 7) is -1.19. The number of aromatic nitrogens is 1. The Bertz CT molecular complexity index is 680. The van der Waals surface area contributed by atoms with Gasteiger partial charge in [0.2, 0.25) is 0 Å². The standard InChI is InChI=1S/C14H13F4N3/c15-10-6-11(19)9-2-1-5-20-12(9)13(10)21(8-3-4-8)7-14(16,17)18/h1-2,5-6,8H,3-4,7,19H2. The van der Waals surface area contributed by atoms with Crippen LogP contribution in [-0.4, -0.2) is 23.7 Å². The van der Waals surface area contributed by atoms with Gasteiger partial charge in [0.1, 0.15) is 12.2 Å². The number of benzene rings is 1. The van der Waals surface area contributed by atoms with Crippen LogP contribution in [0.1, 0.15) is 12.8 Å². The number of alkyl halides is 3. The summed E-state index contributed by atoms with van der Waals surface area (Å²) in [4.78, 5) is 5.09. The third-order valence-corrected chi connectivity index (χ3v) is 3.48. The fourth-order valence-electron chi connectivity index (χ4n) is 2.47. The fourth-order valence-corrected chi connectivity index (χ4v) is 2.47. The van der Waals surface area contributed by atoms with Crippen molar-refractivity contribution in [2.45, 2.75) is 25.1 Å². The Balaban J connectivity index is 2.17. The van der Waals surface area contributed by atoms with E-state index < -0.39 is 18.5 Å². The molecule has 1 aromatic heterocycles. The topological polar surface area (TPSA) is 42.1 Å². The molecule has 1 fully saturated rings. The zero-order valence-electron chi connectivity index (χ0n) is 11.0. The number of nitrogens with two attached hydrogens (primary N) is 1. The predicted molar refractivity (Wildman–Crippen MR) is 72.5 cm³/mol. The van der Waals surface area contributed by atoms with Crippen molar-refractivity contribution >= 4 is 22.3 Å². The maximum Gasteiger partial charge on any atom is 0.405 e. The molecule has 0 saturated heterocycles. The van der Waals surface area contributed by atoms with Crippen LogP contribution in [-0.2, 0) is 0 Å². The molecule has 0 aliphatic heterocycles. The van der Waals surface area contributed by atoms with E-state index in [-0.39, 0.29) is 22.9 Å². The van der Waals surface area contributed by atoms with Crippen LogP contribution in [0, 0.1) is 5.82 Å². The molecule has 0 amide bonds. The van der Waals surface area contributed by atoms with E-state index in [2.05, 4.69) is 4.98 Å². The molecule has 21 heavy (non-hydrogen) atoms. The second-order valence-electron chi connectivity index (χ2n) is 5.17. The highest BCUT2D eigenvalue weighted by atomic mass is 19.4. The van der Waals surface area contributed by atoms with Gasteiger partial charge in [-0.05, 0) is 31.0 Å². The van der Waals surface area contributed by atoms with E-state index in [4.69, 9.17) is 5.73 Å². The van der Waals surface area contributed by atoms with Crippen molar-refractivity contribution in [3.63, 3.8) is 0 Å². The molecule has 1 heterocycles. The molecule has 7 heteroatoms. The maximum absolute atomic E-state index is 14.3. The van der Waals surface area contributed by atoms with Gasteiger partial charge in [0.25, 0.3) is 0 Å². The highest BCUT2D eigenvalue weighted by Gasteiger charge is 2.40. The van der Waals surface area contributed by atoms with E-state index in [1.165, 1.54) is 6.20 Å². The van der Waals surface area contributed by atoms with Gasteiger partial charge in [-0.2, -0.15) is 13.2 Å². The van der Waals surface area contributed by atoms with Gasteiger partial charge in [-0.15, -0.1) is 0 Å². The molecule has 1 aliphatic carbocycles. The largest absolute Gasteiger partial charge is 0.405 e. The minimum absolute atomic E-state index is 0.111. The number of nitrogen functional groups attached to an aromatic ring is 1. The molecule has 1 aromatic carbocycles. The lowest BCUT2D eigenvalue weighted by atomic mass is 10.1. The number of pyridine rings is 1. The van der Waals surface area contributed by atoms with Crippen molar-refractivity contribution < 1.29 is 17.6 Å². The third kappa shape index (κ3) is 2.72. The highest BCUT2D eigenvalue weighted by molar-refractivity contribution is 5.99. The SMILES string of the molecule is Nc1cc(F)c(N(CC(F)(F)F)C2CC2)c2ncccc12. The van der Waals surface area contributed by atoms with E-state index in [0.717, 1.165) is 11.0 Å². The van der Waals surface area contributed by atoms with Crippen LogP contribution in [0.15, 0.2) is 24.4 Å². The minimum atomic E-state index is -4.41. The van der Waals surface area contributed by atoms with Crippen LogP contribution in [0.25, 0.3) is 10.9 Å². The van der Waals surface area contributed by atoms with E-state index in [1.807, 2.05) is 0 Å². The van der Waals surface area contributed by atoms with Crippen molar-refractivity contribution in [1.82, 2.24) is 4.98 Å². The van der Waals surface area contributed by atoms with E-state index >= 15 is 0 Å². The molecule has 112 valence electrons. The molecule has 3 rings (SSSR count). The molecule has 1 aliphatic rings. The summed E-state index contributed by atoms with van der Waals surface area (Å²) in [7, 11) is 0. The van der Waals surface area contributed by atoms with Gasteiger partial charge in [0.15, 0.2) is 5.82 Å². The van der Waals surface area contributed by atoms with Crippen LogP contribution in [0.5, 0.6) is 0 Å². The molecular weight excluding hydrogens is 286 g/mol. The number of rotatable bonds is 3. The zero-order chi connectivity index (χ0) is 15.2. The van der Waals surface area contributed by atoms with Crippen LogP contribution in [0.2, 0.25) is 0 Å². The second kappa shape index (κ2) is 4.75. The van der Waals surface area contributed by atoms with Crippen molar-refractivity contribution in [2.24, 2.45) is 0 Å². The predicted octanol–water partition coefficient (Wildman–Crippen LogP) is 3.49. The number of nitrogens with zero attached hydrogens (tertiary/aromatic N) is 2. The number of fused-ring (bicyclic) bond motifs is 1. The first-order chi connectivity index (χ1) is 9.87. The Morgan fingerprint density at radius 2 is 2.05 bits per heavy atom. The van der Waals surface area contributed by atoms with E-state index in [0.29, 0.717) is 18.2 Å². The molecule has 0 bridgehead atoms.